The number of amides is 1. The fourth-order valence-electron chi connectivity index (χ4n) is 3.40. The van der Waals surface area contributed by atoms with Gasteiger partial charge in [-0.2, -0.15) is 4.31 Å². The van der Waals surface area contributed by atoms with E-state index in [-0.39, 0.29) is 23.9 Å². The Labute approximate surface area is 185 Å². The van der Waals surface area contributed by atoms with E-state index in [2.05, 4.69) is 5.32 Å². The Morgan fingerprint density at radius 1 is 1.13 bits per heavy atom. The number of nitro groups is 1. The van der Waals surface area contributed by atoms with E-state index in [1.807, 2.05) is 17.0 Å². The van der Waals surface area contributed by atoms with E-state index >= 15 is 0 Å². The lowest BCUT2D eigenvalue weighted by Crippen LogP contribution is -2.54. The number of nitrogens with zero attached hydrogens (tertiary/aromatic N) is 3. The normalized spacial score (nSPS) is 16.6. The van der Waals surface area contributed by atoms with Crippen LogP contribution < -0.4 is 5.32 Å². The van der Waals surface area contributed by atoms with E-state index in [1.165, 1.54) is 28.6 Å². The van der Waals surface area contributed by atoms with Crippen molar-refractivity contribution in [1.29, 1.82) is 0 Å². The second-order valence-corrected chi connectivity index (χ2v) is 9.53. The van der Waals surface area contributed by atoms with Gasteiger partial charge in [0.25, 0.3) is 5.69 Å². The van der Waals surface area contributed by atoms with Crippen LogP contribution in [-0.2, 0) is 21.4 Å². The van der Waals surface area contributed by atoms with Gasteiger partial charge >= 0.3 is 0 Å². The van der Waals surface area contributed by atoms with Crippen molar-refractivity contribution in [3.63, 3.8) is 0 Å². The van der Waals surface area contributed by atoms with Crippen LogP contribution in [0.2, 0.25) is 5.02 Å². The Hall–Kier alpha value is -2.53. The van der Waals surface area contributed by atoms with Gasteiger partial charge in [0.05, 0.1) is 11.0 Å². The van der Waals surface area contributed by atoms with Crippen LogP contribution >= 0.6 is 11.6 Å². The van der Waals surface area contributed by atoms with Crippen LogP contribution in [0, 0.1) is 10.1 Å². The molecule has 9 nitrogen and oxygen atoms in total. The Bertz CT molecular complexity index is 1050. The van der Waals surface area contributed by atoms with Gasteiger partial charge in [0, 0.05) is 43.8 Å². The molecule has 1 aliphatic rings. The third-order valence-electron chi connectivity index (χ3n) is 5.26. The average Bonchev–Trinajstić information content (AvgIpc) is 2.78. The number of halogens is 1. The van der Waals surface area contributed by atoms with Crippen molar-refractivity contribution in [3.8, 4) is 0 Å². The zero-order valence-electron chi connectivity index (χ0n) is 16.9. The molecule has 1 unspecified atom stereocenters. The molecule has 2 aromatic rings. The Kier molecular flexibility index (Phi) is 7.26. The quantitative estimate of drug-likeness (QED) is 0.494. The SMILES string of the molecule is CC(C(=O)NCc1ccc(Cl)cc1)N1CCN(S(=O)(=O)c2ccccc2[N+](=O)[O-])CC1. The van der Waals surface area contributed by atoms with Gasteiger partial charge in [-0.15, -0.1) is 0 Å². The summed E-state index contributed by atoms with van der Waals surface area (Å²) in [5.41, 5.74) is 0.477. The molecule has 1 atom stereocenters. The molecule has 1 amide bonds. The fraction of sp³-hybridized carbons (Fsp3) is 0.350. The molecule has 0 aliphatic carbocycles. The summed E-state index contributed by atoms with van der Waals surface area (Å²) in [6.07, 6.45) is 0. The number of hydrogen-bond acceptors (Lipinski definition) is 6. The molecule has 1 N–H and O–H groups in total. The molecule has 0 aromatic heterocycles. The zero-order valence-corrected chi connectivity index (χ0v) is 18.5. The summed E-state index contributed by atoms with van der Waals surface area (Å²) in [5.74, 6) is -0.162. The molecule has 11 heteroatoms. The lowest BCUT2D eigenvalue weighted by atomic mass is 10.2. The van der Waals surface area contributed by atoms with Crippen LogP contribution in [0.25, 0.3) is 0 Å². The first-order valence-corrected chi connectivity index (χ1v) is 11.5. The monoisotopic (exact) mass is 466 g/mol. The largest absolute Gasteiger partial charge is 0.351 e. The molecule has 3 rings (SSSR count). The standard InChI is InChI=1S/C20H23ClN4O5S/c1-15(20(26)22-14-16-6-8-17(21)9-7-16)23-10-12-24(13-11-23)31(29,30)19-5-3-2-4-18(19)25(27)28/h2-9,15H,10-14H2,1H3,(H,22,26). The van der Waals surface area contributed by atoms with Gasteiger partial charge < -0.3 is 5.32 Å². The van der Waals surface area contributed by atoms with E-state index in [0.29, 0.717) is 24.7 Å². The van der Waals surface area contributed by atoms with E-state index in [0.717, 1.165) is 5.56 Å². The van der Waals surface area contributed by atoms with Crippen molar-refractivity contribution in [3.05, 3.63) is 69.2 Å². The molecule has 1 fully saturated rings. The summed E-state index contributed by atoms with van der Waals surface area (Å²) in [6.45, 7) is 3.10. The van der Waals surface area contributed by atoms with Crippen molar-refractivity contribution in [2.24, 2.45) is 0 Å². The van der Waals surface area contributed by atoms with Gasteiger partial charge in [-0.1, -0.05) is 35.9 Å². The number of sulfonamides is 1. The van der Waals surface area contributed by atoms with E-state index in [9.17, 15) is 23.3 Å². The van der Waals surface area contributed by atoms with E-state index in [1.54, 1.807) is 19.1 Å². The van der Waals surface area contributed by atoms with Gasteiger partial charge in [0.1, 0.15) is 0 Å². The molecule has 0 radical (unpaired) electrons. The van der Waals surface area contributed by atoms with Crippen LogP contribution in [0.5, 0.6) is 0 Å². The highest BCUT2D eigenvalue weighted by Crippen LogP contribution is 2.27. The van der Waals surface area contributed by atoms with Crippen LogP contribution in [0.1, 0.15) is 12.5 Å². The summed E-state index contributed by atoms with van der Waals surface area (Å²) in [7, 11) is -4.00. The topological polar surface area (TPSA) is 113 Å². The fourth-order valence-corrected chi connectivity index (χ4v) is 5.11. The van der Waals surface area contributed by atoms with Crippen molar-refractivity contribution >= 4 is 33.2 Å². The molecule has 166 valence electrons. The Morgan fingerprint density at radius 3 is 2.35 bits per heavy atom. The third-order valence-corrected chi connectivity index (χ3v) is 7.46. The highest BCUT2D eigenvalue weighted by molar-refractivity contribution is 7.89. The number of carbonyl (C=O) groups is 1. The Morgan fingerprint density at radius 2 is 1.74 bits per heavy atom. The maximum atomic E-state index is 12.9. The molecule has 1 aliphatic heterocycles. The lowest BCUT2D eigenvalue weighted by molar-refractivity contribution is -0.387. The molecule has 1 saturated heterocycles. The van der Waals surface area contributed by atoms with Crippen molar-refractivity contribution < 1.29 is 18.1 Å². The average molecular weight is 467 g/mol. The molecule has 1 heterocycles. The predicted molar refractivity (Wildman–Crippen MR) is 116 cm³/mol. The maximum absolute atomic E-state index is 12.9. The van der Waals surface area contributed by atoms with Crippen molar-refractivity contribution in [1.82, 2.24) is 14.5 Å². The molecule has 0 bridgehead atoms. The minimum atomic E-state index is -4.00. The van der Waals surface area contributed by atoms with Crippen LogP contribution in [0.15, 0.2) is 53.4 Å². The predicted octanol–water partition coefficient (Wildman–Crippen LogP) is 2.26. The second kappa shape index (κ2) is 9.73. The first-order chi connectivity index (χ1) is 14.7. The maximum Gasteiger partial charge on any atom is 0.289 e. The molecular weight excluding hydrogens is 444 g/mol. The van der Waals surface area contributed by atoms with Crippen molar-refractivity contribution in [2.45, 2.75) is 24.4 Å². The first-order valence-electron chi connectivity index (χ1n) is 9.70. The highest BCUT2D eigenvalue weighted by Gasteiger charge is 2.35. The summed E-state index contributed by atoms with van der Waals surface area (Å²) in [4.78, 5) is 24.6. The first kappa shape index (κ1) is 23.1. The summed E-state index contributed by atoms with van der Waals surface area (Å²) in [5, 5.41) is 14.7. The molecule has 31 heavy (non-hydrogen) atoms. The van der Waals surface area contributed by atoms with Crippen LogP contribution in [-0.4, -0.2) is 60.7 Å². The van der Waals surface area contributed by atoms with Gasteiger partial charge in [-0.05, 0) is 30.7 Å². The van der Waals surface area contributed by atoms with E-state index < -0.39 is 26.7 Å². The van der Waals surface area contributed by atoms with Gasteiger partial charge in [-0.3, -0.25) is 19.8 Å². The molecule has 0 spiro atoms. The second-order valence-electron chi connectivity index (χ2n) is 7.19. The van der Waals surface area contributed by atoms with Crippen LogP contribution in [0.3, 0.4) is 0 Å². The molecular formula is C20H23ClN4O5S. The lowest BCUT2D eigenvalue weighted by Gasteiger charge is -2.36. The smallest absolute Gasteiger partial charge is 0.289 e. The minimum absolute atomic E-state index is 0.142. The number of carbonyl (C=O) groups excluding carboxylic acids is 1. The number of piperazine rings is 1. The summed E-state index contributed by atoms with van der Waals surface area (Å²) in [6, 6.07) is 12.0. The summed E-state index contributed by atoms with van der Waals surface area (Å²) < 4.78 is 27.1. The van der Waals surface area contributed by atoms with Gasteiger partial charge in [0.15, 0.2) is 4.90 Å². The van der Waals surface area contributed by atoms with E-state index in [4.69, 9.17) is 11.6 Å². The highest BCUT2D eigenvalue weighted by atomic mass is 35.5. The van der Waals surface area contributed by atoms with Crippen molar-refractivity contribution in [2.75, 3.05) is 26.2 Å². The molecule has 0 saturated carbocycles. The molecule has 2 aromatic carbocycles. The Balaban J connectivity index is 1.59. The summed E-state index contributed by atoms with van der Waals surface area (Å²) >= 11 is 5.86. The number of benzene rings is 2. The third kappa shape index (κ3) is 5.40. The number of nitro benzene ring substituents is 1. The van der Waals surface area contributed by atoms with Gasteiger partial charge in [0.2, 0.25) is 15.9 Å². The number of para-hydroxylation sites is 1. The van der Waals surface area contributed by atoms with Crippen LogP contribution in [0.4, 0.5) is 5.69 Å². The number of nitrogens with one attached hydrogen (secondary N) is 1. The number of rotatable bonds is 7. The van der Waals surface area contributed by atoms with Gasteiger partial charge in [-0.25, -0.2) is 8.42 Å². The minimum Gasteiger partial charge on any atom is -0.351 e. The number of hydrogen-bond donors (Lipinski definition) is 1. The zero-order chi connectivity index (χ0) is 22.6.